The first kappa shape index (κ1) is 17.3. The molecule has 0 aliphatic heterocycles. The number of aromatic nitrogens is 4. The SMILES string of the molecule is COc1ccc(CNC(=O)CSc2nnnn2CC(C)C)cc1. The summed E-state index contributed by atoms with van der Waals surface area (Å²) in [5.74, 6) is 1.48. The molecule has 0 aliphatic rings. The number of ether oxygens (including phenoxy) is 1. The average molecular weight is 335 g/mol. The molecule has 0 spiro atoms. The molecular formula is C15H21N5O2S. The van der Waals surface area contributed by atoms with Gasteiger partial charge in [-0.3, -0.25) is 4.79 Å². The van der Waals surface area contributed by atoms with Gasteiger partial charge in [-0.05, 0) is 34.0 Å². The van der Waals surface area contributed by atoms with E-state index in [9.17, 15) is 4.79 Å². The molecule has 8 heteroatoms. The molecule has 0 atom stereocenters. The van der Waals surface area contributed by atoms with E-state index in [-0.39, 0.29) is 11.7 Å². The van der Waals surface area contributed by atoms with Crippen LogP contribution in [-0.2, 0) is 17.9 Å². The lowest BCUT2D eigenvalue weighted by Crippen LogP contribution is -2.24. The highest BCUT2D eigenvalue weighted by Crippen LogP contribution is 2.15. The first-order valence-corrected chi connectivity index (χ1v) is 8.35. The van der Waals surface area contributed by atoms with Crippen molar-refractivity contribution in [3.63, 3.8) is 0 Å². The molecule has 2 aromatic rings. The first-order chi connectivity index (χ1) is 11.1. The van der Waals surface area contributed by atoms with Crippen LogP contribution in [0.25, 0.3) is 0 Å². The number of carbonyl (C=O) groups excluding carboxylic acids is 1. The Morgan fingerprint density at radius 1 is 1.35 bits per heavy atom. The van der Waals surface area contributed by atoms with E-state index in [4.69, 9.17) is 4.74 Å². The summed E-state index contributed by atoms with van der Waals surface area (Å²) in [6.07, 6.45) is 0. The number of nitrogens with zero attached hydrogens (tertiary/aromatic N) is 4. The van der Waals surface area contributed by atoms with Gasteiger partial charge < -0.3 is 10.1 Å². The van der Waals surface area contributed by atoms with Crippen LogP contribution in [0.5, 0.6) is 5.75 Å². The van der Waals surface area contributed by atoms with Crippen molar-refractivity contribution >= 4 is 17.7 Å². The molecule has 0 bridgehead atoms. The summed E-state index contributed by atoms with van der Waals surface area (Å²) in [7, 11) is 1.63. The van der Waals surface area contributed by atoms with Gasteiger partial charge in [0.1, 0.15) is 5.75 Å². The van der Waals surface area contributed by atoms with Crippen molar-refractivity contribution in [3.8, 4) is 5.75 Å². The minimum Gasteiger partial charge on any atom is -0.497 e. The van der Waals surface area contributed by atoms with Gasteiger partial charge in [-0.1, -0.05) is 37.7 Å². The van der Waals surface area contributed by atoms with E-state index < -0.39 is 0 Å². The molecule has 1 aromatic heterocycles. The second-order valence-corrected chi connectivity index (χ2v) is 6.39. The van der Waals surface area contributed by atoms with Crippen LogP contribution in [0.1, 0.15) is 19.4 Å². The first-order valence-electron chi connectivity index (χ1n) is 7.37. The standard InChI is InChI=1S/C15H21N5O2S/c1-11(2)9-20-15(17-18-19-20)23-10-14(21)16-8-12-4-6-13(22-3)7-5-12/h4-7,11H,8-10H2,1-3H3,(H,16,21). The molecule has 124 valence electrons. The topological polar surface area (TPSA) is 81.9 Å². The minimum atomic E-state index is -0.0510. The Kier molecular flexibility index (Phi) is 6.40. The van der Waals surface area contributed by atoms with E-state index in [1.807, 2.05) is 24.3 Å². The third-order valence-electron chi connectivity index (χ3n) is 3.02. The Morgan fingerprint density at radius 2 is 2.09 bits per heavy atom. The van der Waals surface area contributed by atoms with Crippen LogP contribution in [-0.4, -0.2) is 39.0 Å². The van der Waals surface area contributed by atoms with E-state index in [0.29, 0.717) is 17.6 Å². The average Bonchev–Trinajstić information content (AvgIpc) is 2.97. The second kappa shape index (κ2) is 8.52. The predicted octanol–water partition coefficient (Wildman–Crippen LogP) is 1.75. The summed E-state index contributed by atoms with van der Waals surface area (Å²) >= 11 is 1.34. The van der Waals surface area contributed by atoms with Gasteiger partial charge in [0.2, 0.25) is 11.1 Å². The fourth-order valence-corrected chi connectivity index (χ4v) is 2.60. The number of thioether (sulfide) groups is 1. The van der Waals surface area contributed by atoms with Crippen LogP contribution in [0, 0.1) is 5.92 Å². The van der Waals surface area contributed by atoms with Gasteiger partial charge >= 0.3 is 0 Å². The Labute approximate surface area is 139 Å². The van der Waals surface area contributed by atoms with Crippen LogP contribution < -0.4 is 10.1 Å². The van der Waals surface area contributed by atoms with E-state index in [1.54, 1.807) is 11.8 Å². The molecule has 1 amide bonds. The van der Waals surface area contributed by atoms with Gasteiger partial charge in [0.05, 0.1) is 12.9 Å². The summed E-state index contributed by atoms with van der Waals surface area (Å²) < 4.78 is 6.83. The van der Waals surface area contributed by atoms with Crippen LogP contribution in [0.15, 0.2) is 29.4 Å². The normalized spacial score (nSPS) is 10.8. The largest absolute Gasteiger partial charge is 0.497 e. The van der Waals surface area contributed by atoms with Crippen LogP contribution >= 0.6 is 11.8 Å². The Hall–Kier alpha value is -2.09. The lowest BCUT2D eigenvalue weighted by molar-refractivity contribution is -0.118. The summed E-state index contributed by atoms with van der Waals surface area (Å²) in [4.78, 5) is 11.9. The number of carbonyl (C=O) groups is 1. The van der Waals surface area contributed by atoms with Gasteiger partial charge in [-0.2, -0.15) is 0 Å². The molecule has 0 fully saturated rings. The quantitative estimate of drug-likeness (QED) is 0.740. The maximum Gasteiger partial charge on any atom is 0.230 e. The van der Waals surface area contributed by atoms with E-state index in [0.717, 1.165) is 17.9 Å². The zero-order chi connectivity index (χ0) is 16.7. The monoisotopic (exact) mass is 335 g/mol. The molecule has 1 N–H and O–H groups in total. The number of hydrogen-bond acceptors (Lipinski definition) is 6. The highest BCUT2D eigenvalue weighted by Gasteiger charge is 2.10. The van der Waals surface area contributed by atoms with Crippen molar-refractivity contribution < 1.29 is 9.53 Å². The summed E-state index contributed by atoms with van der Waals surface area (Å²) in [6, 6.07) is 7.59. The number of amides is 1. The minimum absolute atomic E-state index is 0.0510. The van der Waals surface area contributed by atoms with Crippen LogP contribution in [0.3, 0.4) is 0 Å². The smallest absolute Gasteiger partial charge is 0.230 e. The number of benzene rings is 1. The van der Waals surface area contributed by atoms with Crippen molar-refractivity contribution in [3.05, 3.63) is 29.8 Å². The number of hydrogen-bond donors (Lipinski definition) is 1. The maximum atomic E-state index is 11.9. The number of nitrogens with one attached hydrogen (secondary N) is 1. The number of tetrazole rings is 1. The van der Waals surface area contributed by atoms with E-state index >= 15 is 0 Å². The predicted molar refractivity (Wildman–Crippen MR) is 88.2 cm³/mol. The molecule has 7 nitrogen and oxygen atoms in total. The Morgan fingerprint density at radius 3 is 2.74 bits per heavy atom. The zero-order valence-corrected chi connectivity index (χ0v) is 14.3. The molecule has 0 saturated carbocycles. The lowest BCUT2D eigenvalue weighted by atomic mass is 10.2. The molecule has 0 unspecified atom stereocenters. The Bertz CT molecular complexity index is 627. The van der Waals surface area contributed by atoms with Crippen molar-refractivity contribution in [1.82, 2.24) is 25.5 Å². The molecule has 0 aliphatic carbocycles. The molecule has 23 heavy (non-hydrogen) atoms. The third-order valence-corrected chi connectivity index (χ3v) is 3.98. The van der Waals surface area contributed by atoms with Gasteiger partial charge in [-0.15, -0.1) is 5.10 Å². The molecule has 1 aromatic carbocycles. The van der Waals surface area contributed by atoms with Crippen molar-refractivity contribution in [2.24, 2.45) is 5.92 Å². The third kappa shape index (κ3) is 5.55. The summed E-state index contributed by atoms with van der Waals surface area (Å²) in [6.45, 7) is 5.42. The van der Waals surface area contributed by atoms with Crippen LogP contribution in [0.4, 0.5) is 0 Å². The van der Waals surface area contributed by atoms with Crippen molar-refractivity contribution in [2.45, 2.75) is 32.1 Å². The molecule has 1 heterocycles. The number of methoxy groups -OCH3 is 1. The van der Waals surface area contributed by atoms with Crippen LogP contribution in [0.2, 0.25) is 0 Å². The highest BCUT2D eigenvalue weighted by molar-refractivity contribution is 7.99. The maximum absolute atomic E-state index is 11.9. The second-order valence-electron chi connectivity index (χ2n) is 5.45. The van der Waals surface area contributed by atoms with Crippen molar-refractivity contribution in [1.29, 1.82) is 0 Å². The van der Waals surface area contributed by atoms with E-state index in [2.05, 4.69) is 34.7 Å². The molecule has 0 radical (unpaired) electrons. The molecule has 2 rings (SSSR count). The highest BCUT2D eigenvalue weighted by atomic mass is 32.2. The number of rotatable bonds is 8. The molecular weight excluding hydrogens is 314 g/mol. The summed E-state index contributed by atoms with van der Waals surface area (Å²) in [5, 5.41) is 15.1. The van der Waals surface area contributed by atoms with Crippen molar-refractivity contribution in [2.75, 3.05) is 12.9 Å². The fourth-order valence-electron chi connectivity index (χ4n) is 1.89. The Balaban J connectivity index is 1.77. The summed E-state index contributed by atoms with van der Waals surface area (Å²) in [5.41, 5.74) is 1.02. The van der Waals surface area contributed by atoms with Gasteiger partial charge in [0.25, 0.3) is 0 Å². The fraction of sp³-hybridized carbons (Fsp3) is 0.467. The zero-order valence-electron chi connectivity index (χ0n) is 13.5. The molecule has 0 saturated heterocycles. The lowest BCUT2D eigenvalue weighted by Gasteiger charge is -2.07. The van der Waals surface area contributed by atoms with E-state index in [1.165, 1.54) is 11.8 Å². The van der Waals surface area contributed by atoms with Gasteiger partial charge in [-0.25, -0.2) is 4.68 Å². The van der Waals surface area contributed by atoms with Gasteiger partial charge in [0.15, 0.2) is 0 Å². The van der Waals surface area contributed by atoms with Gasteiger partial charge in [0, 0.05) is 13.1 Å².